The van der Waals surface area contributed by atoms with Gasteiger partial charge in [0.2, 0.25) is 0 Å². The molecule has 0 aliphatic carbocycles. The molecule has 0 atom stereocenters. The maximum absolute atomic E-state index is 10.9. The fraction of sp³-hybridized carbons (Fsp3) is 0. The molecule has 5 nitrogen and oxygen atoms in total. The number of carbonyl (C=O) groups is 1. The second-order valence-electron chi connectivity index (χ2n) is 3.05. The number of aromatic carboxylic acids is 1. The average Bonchev–Trinajstić information content (AvgIpc) is 2.60. The fourth-order valence-electron chi connectivity index (χ4n) is 1.31. The lowest BCUT2D eigenvalue weighted by molar-refractivity contribution is 0.0691. The monoisotopic (exact) mass is 282 g/mol. The predicted octanol–water partition coefficient (Wildman–Crippen LogP) is 2.38. The van der Waals surface area contributed by atoms with Crippen molar-refractivity contribution in [3.63, 3.8) is 0 Å². The standard InChI is InChI=1S/C10H7BrN2O3/c11-6-3-1-2-5(4-6)8-7(9(14)15)13-10(12)16-8/h1-4H,(H2,12,13)(H,14,15). The number of hydrogen-bond acceptors (Lipinski definition) is 4. The number of halogens is 1. The van der Waals surface area contributed by atoms with Gasteiger partial charge in [0.1, 0.15) is 0 Å². The highest BCUT2D eigenvalue weighted by atomic mass is 79.9. The second-order valence-corrected chi connectivity index (χ2v) is 3.96. The summed E-state index contributed by atoms with van der Waals surface area (Å²) in [5.41, 5.74) is 5.76. The lowest BCUT2D eigenvalue weighted by atomic mass is 10.1. The summed E-state index contributed by atoms with van der Waals surface area (Å²) < 4.78 is 5.90. The highest BCUT2D eigenvalue weighted by Gasteiger charge is 2.19. The quantitative estimate of drug-likeness (QED) is 0.883. The molecule has 0 saturated heterocycles. The van der Waals surface area contributed by atoms with Crippen molar-refractivity contribution in [2.45, 2.75) is 0 Å². The number of nitrogen functional groups attached to an aromatic ring is 1. The number of aromatic nitrogens is 1. The van der Waals surface area contributed by atoms with Crippen LogP contribution >= 0.6 is 15.9 Å². The van der Waals surface area contributed by atoms with Crippen molar-refractivity contribution >= 4 is 27.9 Å². The molecule has 1 heterocycles. The van der Waals surface area contributed by atoms with E-state index in [1.807, 2.05) is 6.07 Å². The largest absolute Gasteiger partial charge is 0.476 e. The molecule has 2 rings (SSSR count). The first kappa shape index (κ1) is 10.7. The van der Waals surface area contributed by atoms with Crippen LogP contribution in [-0.4, -0.2) is 16.1 Å². The number of rotatable bonds is 2. The predicted molar refractivity (Wildman–Crippen MR) is 61.0 cm³/mol. The molecule has 0 aliphatic heterocycles. The number of carboxylic acids is 1. The molecule has 1 aromatic carbocycles. The van der Waals surface area contributed by atoms with Crippen molar-refractivity contribution in [1.82, 2.24) is 4.98 Å². The number of oxazole rings is 1. The van der Waals surface area contributed by atoms with Gasteiger partial charge in [0, 0.05) is 10.0 Å². The Morgan fingerprint density at radius 3 is 2.88 bits per heavy atom. The first-order valence-electron chi connectivity index (χ1n) is 4.33. The molecule has 1 aromatic heterocycles. The highest BCUT2D eigenvalue weighted by molar-refractivity contribution is 9.10. The summed E-state index contributed by atoms with van der Waals surface area (Å²) in [4.78, 5) is 14.5. The van der Waals surface area contributed by atoms with Gasteiger partial charge in [-0.1, -0.05) is 28.1 Å². The summed E-state index contributed by atoms with van der Waals surface area (Å²) in [6, 6.07) is 6.88. The average molecular weight is 283 g/mol. The van der Waals surface area contributed by atoms with Gasteiger partial charge in [0.05, 0.1) is 0 Å². The Morgan fingerprint density at radius 1 is 1.50 bits per heavy atom. The molecule has 0 spiro atoms. The minimum atomic E-state index is -1.17. The lowest BCUT2D eigenvalue weighted by Crippen LogP contribution is -1.99. The first-order chi connectivity index (χ1) is 7.58. The molecule has 0 radical (unpaired) electrons. The van der Waals surface area contributed by atoms with Crippen molar-refractivity contribution in [2.24, 2.45) is 0 Å². The van der Waals surface area contributed by atoms with Gasteiger partial charge in [-0.15, -0.1) is 0 Å². The van der Waals surface area contributed by atoms with Gasteiger partial charge >= 0.3 is 5.97 Å². The Kier molecular flexibility index (Phi) is 2.66. The Labute approximate surface area is 99.0 Å². The molecular weight excluding hydrogens is 276 g/mol. The molecule has 0 amide bonds. The van der Waals surface area contributed by atoms with Crippen LogP contribution in [-0.2, 0) is 0 Å². The van der Waals surface area contributed by atoms with Crippen LogP contribution < -0.4 is 5.73 Å². The van der Waals surface area contributed by atoms with Crippen LogP contribution in [0.4, 0.5) is 6.01 Å². The summed E-state index contributed by atoms with van der Waals surface area (Å²) in [7, 11) is 0. The van der Waals surface area contributed by atoms with E-state index < -0.39 is 5.97 Å². The second kappa shape index (κ2) is 3.97. The molecule has 2 aromatic rings. The molecule has 82 valence electrons. The Morgan fingerprint density at radius 2 is 2.25 bits per heavy atom. The highest BCUT2D eigenvalue weighted by Crippen LogP contribution is 2.28. The van der Waals surface area contributed by atoms with Crippen LogP contribution in [0.5, 0.6) is 0 Å². The van der Waals surface area contributed by atoms with Crippen molar-refractivity contribution < 1.29 is 14.3 Å². The zero-order chi connectivity index (χ0) is 11.7. The van der Waals surface area contributed by atoms with E-state index in [-0.39, 0.29) is 17.5 Å². The van der Waals surface area contributed by atoms with Crippen molar-refractivity contribution in [3.8, 4) is 11.3 Å². The number of nitrogens with two attached hydrogens (primary N) is 1. The number of benzene rings is 1. The zero-order valence-electron chi connectivity index (χ0n) is 7.98. The van der Waals surface area contributed by atoms with E-state index in [9.17, 15) is 4.79 Å². The van der Waals surface area contributed by atoms with Crippen molar-refractivity contribution in [2.75, 3.05) is 5.73 Å². The first-order valence-corrected chi connectivity index (χ1v) is 5.13. The van der Waals surface area contributed by atoms with E-state index in [0.29, 0.717) is 5.56 Å². The number of anilines is 1. The SMILES string of the molecule is Nc1nc(C(=O)O)c(-c2cccc(Br)c2)o1. The van der Waals surface area contributed by atoms with Gasteiger partial charge in [-0.2, -0.15) is 4.98 Å². The van der Waals surface area contributed by atoms with Gasteiger partial charge in [-0.05, 0) is 12.1 Å². The normalized spacial score (nSPS) is 10.3. The third-order valence-corrected chi connectivity index (χ3v) is 2.43. The number of hydrogen-bond donors (Lipinski definition) is 2. The van der Waals surface area contributed by atoms with Crippen LogP contribution in [0.25, 0.3) is 11.3 Å². The molecule has 0 aliphatic rings. The van der Waals surface area contributed by atoms with Crippen LogP contribution in [0, 0.1) is 0 Å². The van der Waals surface area contributed by atoms with E-state index in [2.05, 4.69) is 20.9 Å². The Bertz CT molecular complexity index is 551. The van der Waals surface area contributed by atoms with E-state index in [1.165, 1.54) is 0 Å². The smallest absolute Gasteiger partial charge is 0.358 e. The Balaban J connectivity index is 2.59. The summed E-state index contributed by atoms with van der Waals surface area (Å²) in [6.07, 6.45) is 0. The molecule has 0 bridgehead atoms. The van der Waals surface area contributed by atoms with Gasteiger partial charge in [-0.3, -0.25) is 0 Å². The van der Waals surface area contributed by atoms with E-state index in [0.717, 1.165) is 4.47 Å². The maximum atomic E-state index is 10.9. The van der Waals surface area contributed by atoms with Crippen molar-refractivity contribution in [3.05, 3.63) is 34.4 Å². The molecule has 6 heteroatoms. The third kappa shape index (κ3) is 1.92. The fourth-order valence-corrected chi connectivity index (χ4v) is 1.71. The van der Waals surface area contributed by atoms with E-state index in [1.54, 1.807) is 18.2 Å². The van der Waals surface area contributed by atoms with Gasteiger partial charge < -0.3 is 15.3 Å². The van der Waals surface area contributed by atoms with Crippen LogP contribution in [0.3, 0.4) is 0 Å². The van der Waals surface area contributed by atoms with E-state index >= 15 is 0 Å². The van der Waals surface area contributed by atoms with Crippen molar-refractivity contribution in [1.29, 1.82) is 0 Å². The van der Waals surface area contributed by atoms with Gasteiger partial charge in [0.25, 0.3) is 6.01 Å². The van der Waals surface area contributed by atoms with Crippen LogP contribution in [0.1, 0.15) is 10.5 Å². The molecule has 0 unspecified atom stereocenters. The van der Waals surface area contributed by atoms with Crippen LogP contribution in [0.2, 0.25) is 0 Å². The summed E-state index contributed by atoms with van der Waals surface area (Å²) >= 11 is 3.29. The van der Waals surface area contributed by atoms with Gasteiger partial charge in [0.15, 0.2) is 11.5 Å². The molecule has 0 fully saturated rings. The minimum absolute atomic E-state index is 0.159. The summed E-state index contributed by atoms with van der Waals surface area (Å²) in [6.45, 7) is 0. The maximum Gasteiger partial charge on any atom is 0.358 e. The van der Waals surface area contributed by atoms with E-state index in [4.69, 9.17) is 15.3 Å². The number of carboxylic acid groups (broad SMARTS) is 1. The summed E-state index contributed by atoms with van der Waals surface area (Å²) in [5.74, 6) is -1.01. The molecule has 3 N–H and O–H groups in total. The molecular formula is C10H7BrN2O3. The molecule has 0 saturated carbocycles. The van der Waals surface area contributed by atoms with Gasteiger partial charge in [-0.25, -0.2) is 4.79 Å². The lowest BCUT2D eigenvalue weighted by Gasteiger charge is -1.98. The zero-order valence-corrected chi connectivity index (χ0v) is 9.56. The Hall–Kier alpha value is -1.82. The minimum Gasteiger partial charge on any atom is -0.476 e. The topological polar surface area (TPSA) is 89.3 Å². The van der Waals surface area contributed by atoms with Crippen LogP contribution in [0.15, 0.2) is 33.2 Å². The number of nitrogens with zero attached hydrogens (tertiary/aromatic N) is 1. The molecule has 16 heavy (non-hydrogen) atoms. The third-order valence-electron chi connectivity index (χ3n) is 1.93. The summed E-state index contributed by atoms with van der Waals surface area (Å²) in [5, 5.41) is 8.92.